The highest BCUT2D eigenvalue weighted by atomic mass is 19.4. The third-order valence-electron chi connectivity index (χ3n) is 1.75. The summed E-state index contributed by atoms with van der Waals surface area (Å²) in [6.07, 6.45) is -8.26. The maximum Gasteiger partial charge on any atom is 0.389 e. The van der Waals surface area contributed by atoms with Crippen LogP contribution in [-0.4, -0.2) is 25.2 Å². The van der Waals surface area contributed by atoms with Crippen molar-refractivity contribution in [1.82, 2.24) is 5.32 Å². The smallest absolute Gasteiger partial charge is 0.309 e. The fourth-order valence-electron chi connectivity index (χ4n) is 1.10. The van der Waals surface area contributed by atoms with Gasteiger partial charge in [-0.15, -0.1) is 0 Å². The number of alkyl halides is 5. The Bertz CT molecular complexity index is 145. The van der Waals surface area contributed by atoms with E-state index in [1.54, 1.807) is 6.92 Å². The first-order valence-electron chi connectivity index (χ1n) is 4.45. The van der Waals surface area contributed by atoms with Crippen molar-refractivity contribution >= 4 is 0 Å². The minimum atomic E-state index is -4.25. The molecule has 0 bridgehead atoms. The Balaban J connectivity index is 3.72. The molecule has 1 atom stereocenters. The van der Waals surface area contributed by atoms with Crippen LogP contribution in [0.2, 0.25) is 0 Å². The fourth-order valence-corrected chi connectivity index (χ4v) is 1.10. The lowest BCUT2D eigenvalue weighted by molar-refractivity contribution is -0.136. The summed E-state index contributed by atoms with van der Waals surface area (Å²) in [6, 6.07) is -1.12. The van der Waals surface area contributed by atoms with Crippen molar-refractivity contribution in [3.05, 3.63) is 0 Å². The van der Waals surface area contributed by atoms with Crippen molar-refractivity contribution in [1.29, 1.82) is 0 Å². The number of nitrogens with one attached hydrogen (secondary N) is 1. The topological polar surface area (TPSA) is 12.0 Å². The van der Waals surface area contributed by atoms with Crippen LogP contribution in [-0.2, 0) is 0 Å². The minimum Gasteiger partial charge on any atom is -0.309 e. The molecule has 0 aromatic rings. The summed E-state index contributed by atoms with van der Waals surface area (Å²) in [5, 5.41) is 2.45. The summed E-state index contributed by atoms with van der Waals surface area (Å²) in [5.74, 6) is 0. The van der Waals surface area contributed by atoms with Gasteiger partial charge in [0.15, 0.2) is 0 Å². The first-order chi connectivity index (χ1) is 6.37. The first-order valence-corrected chi connectivity index (χ1v) is 4.45. The molecule has 0 spiro atoms. The van der Waals surface area contributed by atoms with Gasteiger partial charge in [-0.2, -0.15) is 13.2 Å². The molecule has 0 aromatic heterocycles. The molecule has 1 nitrogen and oxygen atoms in total. The summed E-state index contributed by atoms with van der Waals surface area (Å²) >= 11 is 0. The Hall–Kier alpha value is -0.390. The molecule has 0 saturated carbocycles. The third kappa shape index (κ3) is 7.06. The van der Waals surface area contributed by atoms with E-state index < -0.39 is 25.1 Å². The zero-order valence-corrected chi connectivity index (χ0v) is 7.87. The van der Waals surface area contributed by atoms with Crippen LogP contribution in [0.15, 0.2) is 0 Å². The molecule has 0 radical (unpaired) electrons. The van der Waals surface area contributed by atoms with Gasteiger partial charge in [0.05, 0.1) is 6.04 Å². The van der Waals surface area contributed by atoms with Crippen LogP contribution in [0, 0.1) is 0 Å². The highest BCUT2D eigenvalue weighted by Crippen LogP contribution is 2.23. The first kappa shape index (κ1) is 13.6. The average molecular weight is 219 g/mol. The molecule has 14 heavy (non-hydrogen) atoms. The monoisotopic (exact) mass is 219 g/mol. The van der Waals surface area contributed by atoms with Crippen molar-refractivity contribution in [3.63, 3.8) is 0 Å². The lowest BCUT2D eigenvalue weighted by atomic mass is 10.1. The molecule has 0 fully saturated rings. The van der Waals surface area contributed by atoms with E-state index in [0.717, 1.165) is 0 Å². The Morgan fingerprint density at radius 2 is 1.79 bits per heavy atom. The van der Waals surface area contributed by atoms with Crippen LogP contribution < -0.4 is 5.32 Å². The molecular formula is C8H14F5N. The van der Waals surface area contributed by atoms with Crippen LogP contribution in [0.1, 0.15) is 26.2 Å². The Morgan fingerprint density at radius 3 is 2.14 bits per heavy atom. The molecule has 1 unspecified atom stereocenters. The second kappa shape index (κ2) is 6.16. The maximum absolute atomic E-state index is 12.2. The molecule has 0 aliphatic rings. The Morgan fingerprint density at radius 1 is 1.21 bits per heavy atom. The lowest BCUT2D eigenvalue weighted by Crippen LogP contribution is -2.35. The summed E-state index contributed by atoms with van der Waals surface area (Å²) < 4.78 is 59.4. The van der Waals surface area contributed by atoms with E-state index in [0.29, 0.717) is 6.54 Å². The van der Waals surface area contributed by atoms with Gasteiger partial charge in [-0.25, -0.2) is 8.78 Å². The van der Waals surface area contributed by atoms with Gasteiger partial charge in [-0.3, -0.25) is 0 Å². The molecule has 0 aliphatic carbocycles. The molecule has 0 saturated heterocycles. The summed E-state index contributed by atoms with van der Waals surface area (Å²) in [6.45, 7) is 1.97. The molecule has 0 aromatic carbocycles. The number of rotatable bonds is 6. The predicted molar refractivity (Wildman–Crippen MR) is 43.4 cm³/mol. The molecule has 0 heterocycles. The van der Waals surface area contributed by atoms with Gasteiger partial charge in [0.25, 0.3) is 6.43 Å². The highest BCUT2D eigenvalue weighted by molar-refractivity contribution is 4.69. The molecule has 1 N–H and O–H groups in total. The number of hydrogen-bond donors (Lipinski definition) is 1. The van der Waals surface area contributed by atoms with Crippen LogP contribution in [0.25, 0.3) is 0 Å². The van der Waals surface area contributed by atoms with Gasteiger partial charge in [0, 0.05) is 6.42 Å². The van der Waals surface area contributed by atoms with E-state index in [1.807, 2.05) is 0 Å². The van der Waals surface area contributed by atoms with Crippen molar-refractivity contribution in [2.75, 3.05) is 6.54 Å². The van der Waals surface area contributed by atoms with E-state index >= 15 is 0 Å². The second-order valence-electron chi connectivity index (χ2n) is 3.01. The van der Waals surface area contributed by atoms with Gasteiger partial charge in [-0.05, 0) is 19.4 Å². The SMILES string of the molecule is CCNC(CCCC(F)(F)F)C(F)F. The fraction of sp³-hybridized carbons (Fsp3) is 1.00. The Kier molecular flexibility index (Phi) is 5.99. The number of halogens is 5. The van der Waals surface area contributed by atoms with Crippen molar-refractivity contribution in [2.45, 2.75) is 44.8 Å². The summed E-state index contributed by atoms with van der Waals surface area (Å²) in [4.78, 5) is 0. The van der Waals surface area contributed by atoms with Gasteiger partial charge >= 0.3 is 6.18 Å². The van der Waals surface area contributed by atoms with Crippen LogP contribution >= 0.6 is 0 Å². The maximum atomic E-state index is 12.2. The van der Waals surface area contributed by atoms with Crippen molar-refractivity contribution < 1.29 is 22.0 Å². The zero-order valence-electron chi connectivity index (χ0n) is 7.87. The largest absolute Gasteiger partial charge is 0.389 e. The molecule has 86 valence electrons. The third-order valence-corrected chi connectivity index (χ3v) is 1.75. The number of hydrogen-bond acceptors (Lipinski definition) is 1. The van der Waals surface area contributed by atoms with E-state index in [4.69, 9.17) is 0 Å². The Labute approximate surface area is 79.7 Å². The van der Waals surface area contributed by atoms with E-state index in [1.165, 1.54) is 0 Å². The van der Waals surface area contributed by atoms with Gasteiger partial charge < -0.3 is 5.32 Å². The molecule has 0 aliphatic heterocycles. The second-order valence-corrected chi connectivity index (χ2v) is 3.01. The minimum absolute atomic E-state index is 0.148. The molecule has 0 amide bonds. The van der Waals surface area contributed by atoms with E-state index in [-0.39, 0.29) is 12.8 Å². The summed E-state index contributed by atoms with van der Waals surface area (Å²) in [7, 11) is 0. The van der Waals surface area contributed by atoms with Crippen LogP contribution in [0.4, 0.5) is 22.0 Å². The summed E-state index contributed by atoms with van der Waals surface area (Å²) in [5.41, 5.74) is 0. The molecule has 6 heteroatoms. The average Bonchev–Trinajstić information content (AvgIpc) is 2.00. The van der Waals surface area contributed by atoms with Crippen molar-refractivity contribution in [2.24, 2.45) is 0 Å². The lowest BCUT2D eigenvalue weighted by Gasteiger charge is -2.16. The van der Waals surface area contributed by atoms with Gasteiger partial charge in [0.1, 0.15) is 0 Å². The normalized spacial score (nSPS) is 14.8. The zero-order chi connectivity index (χ0) is 11.2. The highest BCUT2D eigenvalue weighted by Gasteiger charge is 2.28. The predicted octanol–water partition coefficient (Wildman–Crippen LogP) is 2.96. The van der Waals surface area contributed by atoms with Gasteiger partial charge in [-0.1, -0.05) is 6.92 Å². The molecular weight excluding hydrogens is 205 g/mol. The quantitative estimate of drug-likeness (QED) is 0.677. The van der Waals surface area contributed by atoms with Crippen LogP contribution in [0.3, 0.4) is 0 Å². The van der Waals surface area contributed by atoms with Crippen LogP contribution in [0.5, 0.6) is 0 Å². The molecule has 0 rings (SSSR count). The van der Waals surface area contributed by atoms with Gasteiger partial charge in [0.2, 0.25) is 0 Å². The van der Waals surface area contributed by atoms with E-state index in [2.05, 4.69) is 5.32 Å². The standard InChI is InChI=1S/C8H14F5N/c1-2-14-6(7(9)10)4-3-5-8(11,12)13/h6-7,14H,2-5H2,1H3. The van der Waals surface area contributed by atoms with E-state index in [9.17, 15) is 22.0 Å². The van der Waals surface area contributed by atoms with Crippen molar-refractivity contribution in [3.8, 4) is 0 Å².